The maximum Gasteiger partial charge on any atom is 0.153 e. The van der Waals surface area contributed by atoms with E-state index in [0.29, 0.717) is 16.3 Å². The summed E-state index contributed by atoms with van der Waals surface area (Å²) < 4.78 is 0. The van der Waals surface area contributed by atoms with Crippen LogP contribution in [0.4, 0.5) is 11.6 Å². The number of hydrogen-bond donors (Lipinski definition) is 1. The molecular formula is C12H19ClN4. The molecule has 0 saturated carbocycles. The second-order valence-corrected chi connectivity index (χ2v) is 5.15. The Morgan fingerprint density at radius 3 is 2.71 bits per heavy atom. The first-order valence-electron chi connectivity index (χ1n) is 6.13. The summed E-state index contributed by atoms with van der Waals surface area (Å²) in [6, 6.07) is 0. The summed E-state index contributed by atoms with van der Waals surface area (Å²) >= 11 is 6.16. The van der Waals surface area contributed by atoms with E-state index < -0.39 is 0 Å². The first-order valence-corrected chi connectivity index (χ1v) is 6.50. The van der Waals surface area contributed by atoms with Gasteiger partial charge < -0.3 is 10.6 Å². The Bertz CT molecular complexity index is 403. The van der Waals surface area contributed by atoms with Crippen LogP contribution >= 0.6 is 11.6 Å². The van der Waals surface area contributed by atoms with E-state index in [0.717, 1.165) is 18.9 Å². The van der Waals surface area contributed by atoms with Crippen LogP contribution in [0.5, 0.6) is 0 Å². The standard InChI is InChI=1S/C12H19ClN4/c1-3-12(4-2)5-6-17(7-12)11-9(13)10(14)15-8-16-11/h8H,3-7H2,1-2H3,(H2,14,15,16). The maximum absolute atomic E-state index is 6.16. The van der Waals surface area contributed by atoms with Crippen molar-refractivity contribution in [2.24, 2.45) is 5.41 Å². The van der Waals surface area contributed by atoms with E-state index in [9.17, 15) is 0 Å². The van der Waals surface area contributed by atoms with Gasteiger partial charge in [-0.05, 0) is 24.7 Å². The van der Waals surface area contributed by atoms with Gasteiger partial charge in [-0.2, -0.15) is 0 Å². The second-order valence-electron chi connectivity index (χ2n) is 4.78. The van der Waals surface area contributed by atoms with Crippen LogP contribution in [-0.4, -0.2) is 23.1 Å². The monoisotopic (exact) mass is 254 g/mol. The molecule has 2 N–H and O–H groups in total. The predicted octanol–water partition coefficient (Wildman–Crippen LogP) is 2.73. The topological polar surface area (TPSA) is 55.0 Å². The highest BCUT2D eigenvalue weighted by atomic mass is 35.5. The molecule has 4 nitrogen and oxygen atoms in total. The van der Waals surface area contributed by atoms with Crippen LogP contribution in [-0.2, 0) is 0 Å². The smallest absolute Gasteiger partial charge is 0.153 e. The first kappa shape index (κ1) is 12.4. The fourth-order valence-corrected chi connectivity index (χ4v) is 2.75. The molecule has 0 unspecified atom stereocenters. The van der Waals surface area contributed by atoms with Gasteiger partial charge in [0.1, 0.15) is 17.2 Å². The van der Waals surface area contributed by atoms with E-state index in [-0.39, 0.29) is 0 Å². The van der Waals surface area contributed by atoms with Crippen LogP contribution in [0.3, 0.4) is 0 Å². The Labute approximate surface area is 107 Å². The van der Waals surface area contributed by atoms with Crippen molar-refractivity contribution in [1.82, 2.24) is 9.97 Å². The van der Waals surface area contributed by atoms with Crippen LogP contribution in [0.25, 0.3) is 0 Å². The zero-order chi connectivity index (χ0) is 12.5. The van der Waals surface area contributed by atoms with Gasteiger partial charge >= 0.3 is 0 Å². The lowest BCUT2D eigenvalue weighted by Crippen LogP contribution is -2.27. The van der Waals surface area contributed by atoms with Gasteiger partial charge in [-0.3, -0.25) is 0 Å². The van der Waals surface area contributed by atoms with E-state index in [1.807, 2.05) is 0 Å². The fourth-order valence-electron chi connectivity index (χ4n) is 2.54. The van der Waals surface area contributed by atoms with Gasteiger partial charge in [0.25, 0.3) is 0 Å². The fraction of sp³-hybridized carbons (Fsp3) is 0.667. The lowest BCUT2D eigenvalue weighted by Gasteiger charge is -2.27. The summed E-state index contributed by atoms with van der Waals surface area (Å²) in [5.41, 5.74) is 6.12. The number of nitrogens with zero attached hydrogens (tertiary/aromatic N) is 3. The van der Waals surface area contributed by atoms with Crippen molar-refractivity contribution in [1.29, 1.82) is 0 Å². The van der Waals surface area contributed by atoms with Gasteiger partial charge in [-0.15, -0.1) is 0 Å². The van der Waals surface area contributed by atoms with Gasteiger partial charge in [0.15, 0.2) is 5.82 Å². The Balaban J connectivity index is 2.23. The van der Waals surface area contributed by atoms with E-state index in [1.165, 1.54) is 25.6 Å². The molecule has 1 fully saturated rings. The van der Waals surface area contributed by atoms with Crippen molar-refractivity contribution in [2.45, 2.75) is 33.1 Å². The zero-order valence-electron chi connectivity index (χ0n) is 10.4. The molecule has 0 aromatic carbocycles. The number of aromatic nitrogens is 2. The molecule has 1 aliphatic rings. The molecule has 0 amide bonds. The minimum Gasteiger partial charge on any atom is -0.382 e. The Morgan fingerprint density at radius 1 is 1.41 bits per heavy atom. The quantitative estimate of drug-likeness (QED) is 0.901. The molecule has 0 spiro atoms. The van der Waals surface area contributed by atoms with Gasteiger partial charge in [0, 0.05) is 13.1 Å². The zero-order valence-corrected chi connectivity index (χ0v) is 11.2. The molecule has 2 rings (SSSR count). The number of hydrogen-bond acceptors (Lipinski definition) is 4. The largest absolute Gasteiger partial charge is 0.382 e. The average molecular weight is 255 g/mol. The Morgan fingerprint density at radius 2 is 2.12 bits per heavy atom. The van der Waals surface area contributed by atoms with E-state index >= 15 is 0 Å². The van der Waals surface area contributed by atoms with Crippen LogP contribution in [0.15, 0.2) is 6.33 Å². The summed E-state index contributed by atoms with van der Waals surface area (Å²) in [7, 11) is 0. The maximum atomic E-state index is 6.16. The molecule has 1 saturated heterocycles. The molecule has 2 heterocycles. The van der Waals surface area contributed by atoms with Crippen LogP contribution in [0.1, 0.15) is 33.1 Å². The normalized spacial score (nSPS) is 18.6. The third-order valence-electron chi connectivity index (χ3n) is 4.04. The molecule has 0 aliphatic carbocycles. The van der Waals surface area contributed by atoms with Crippen molar-refractivity contribution in [3.63, 3.8) is 0 Å². The van der Waals surface area contributed by atoms with Gasteiger partial charge in [0.2, 0.25) is 0 Å². The second kappa shape index (κ2) is 4.69. The molecule has 0 bridgehead atoms. The molecular weight excluding hydrogens is 236 g/mol. The van der Waals surface area contributed by atoms with Crippen LogP contribution in [0.2, 0.25) is 5.02 Å². The number of anilines is 2. The van der Waals surface area contributed by atoms with Crippen molar-refractivity contribution in [3.05, 3.63) is 11.3 Å². The minimum absolute atomic E-state index is 0.363. The SMILES string of the molecule is CCC1(CC)CCN(c2ncnc(N)c2Cl)C1. The summed E-state index contributed by atoms with van der Waals surface area (Å²) in [5.74, 6) is 1.14. The summed E-state index contributed by atoms with van der Waals surface area (Å²) in [5, 5.41) is 0.482. The van der Waals surface area contributed by atoms with Crippen LogP contribution in [0, 0.1) is 5.41 Å². The van der Waals surface area contributed by atoms with E-state index in [2.05, 4.69) is 28.7 Å². The molecule has 5 heteroatoms. The highest BCUT2D eigenvalue weighted by Gasteiger charge is 2.36. The van der Waals surface area contributed by atoms with Crippen molar-refractivity contribution >= 4 is 23.2 Å². The Hall–Kier alpha value is -1.03. The van der Waals surface area contributed by atoms with Crippen molar-refractivity contribution in [3.8, 4) is 0 Å². The summed E-state index contributed by atoms with van der Waals surface area (Å²) in [6.45, 7) is 6.51. The predicted molar refractivity (Wildman–Crippen MR) is 71.3 cm³/mol. The van der Waals surface area contributed by atoms with Gasteiger partial charge in [-0.25, -0.2) is 9.97 Å². The molecule has 1 aromatic heterocycles. The lowest BCUT2D eigenvalue weighted by atomic mass is 9.82. The number of nitrogen functional groups attached to an aromatic ring is 1. The lowest BCUT2D eigenvalue weighted by molar-refractivity contribution is 0.301. The number of nitrogens with two attached hydrogens (primary N) is 1. The third-order valence-corrected chi connectivity index (χ3v) is 4.40. The third kappa shape index (κ3) is 2.18. The first-order chi connectivity index (χ1) is 8.12. The molecule has 1 aliphatic heterocycles. The Kier molecular flexibility index (Phi) is 3.43. The molecule has 1 aromatic rings. The number of rotatable bonds is 3. The van der Waals surface area contributed by atoms with E-state index in [1.54, 1.807) is 0 Å². The molecule has 0 radical (unpaired) electrons. The van der Waals surface area contributed by atoms with Crippen molar-refractivity contribution < 1.29 is 0 Å². The molecule has 0 atom stereocenters. The van der Waals surface area contributed by atoms with E-state index in [4.69, 9.17) is 17.3 Å². The molecule has 94 valence electrons. The van der Waals surface area contributed by atoms with Crippen molar-refractivity contribution in [2.75, 3.05) is 23.7 Å². The van der Waals surface area contributed by atoms with Gasteiger partial charge in [0.05, 0.1) is 0 Å². The average Bonchev–Trinajstić information content (AvgIpc) is 2.78. The summed E-state index contributed by atoms with van der Waals surface area (Å²) in [6.07, 6.45) is 5.06. The van der Waals surface area contributed by atoms with Gasteiger partial charge in [-0.1, -0.05) is 25.4 Å². The van der Waals surface area contributed by atoms with Crippen LogP contribution < -0.4 is 10.6 Å². The molecule has 17 heavy (non-hydrogen) atoms. The minimum atomic E-state index is 0.363. The highest BCUT2D eigenvalue weighted by molar-refractivity contribution is 6.35. The highest BCUT2D eigenvalue weighted by Crippen LogP contribution is 2.40. The summed E-state index contributed by atoms with van der Waals surface area (Å²) in [4.78, 5) is 10.4. The number of halogens is 1.